The fourth-order valence-corrected chi connectivity index (χ4v) is 2.20. The highest BCUT2D eigenvalue weighted by Gasteiger charge is 2.11. The van der Waals surface area contributed by atoms with Gasteiger partial charge in [0, 0.05) is 23.5 Å². The molecule has 0 bridgehead atoms. The van der Waals surface area contributed by atoms with Crippen LogP contribution in [0, 0.1) is 6.92 Å². The quantitative estimate of drug-likeness (QED) is 0.415. The lowest BCUT2D eigenvalue weighted by Gasteiger charge is -2.06. The molecule has 4 heteroatoms. The number of pyridine rings is 1. The van der Waals surface area contributed by atoms with Crippen LogP contribution in [0.2, 0.25) is 0 Å². The predicted molar refractivity (Wildman–Crippen MR) is 92.9 cm³/mol. The summed E-state index contributed by atoms with van der Waals surface area (Å²) in [4.78, 5) is 21.4. The van der Waals surface area contributed by atoms with Gasteiger partial charge in [0.05, 0.1) is 5.56 Å². The molecule has 2 aromatic carbocycles. The minimum Gasteiger partial charge on any atom is -0.312 e. The fourth-order valence-electron chi connectivity index (χ4n) is 2.20. The third-order valence-corrected chi connectivity index (χ3v) is 3.49. The molecular formula is C20H16N2O2. The van der Waals surface area contributed by atoms with Crippen molar-refractivity contribution in [3.63, 3.8) is 0 Å². The summed E-state index contributed by atoms with van der Waals surface area (Å²) in [6.07, 6.45) is 3.37. The maximum atomic E-state index is 12.2. The number of nitrogens with zero attached hydrogens (tertiary/aromatic N) is 2. The minimum absolute atomic E-state index is 0.461. The van der Waals surface area contributed by atoms with Gasteiger partial charge in [-0.1, -0.05) is 53.2 Å². The fraction of sp³-hybridized carbons (Fsp3) is 0.0500. The largest absolute Gasteiger partial charge is 0.365 e. The van der Waals surface area contributed by atoms with Gasteiger partial charge in [0.1, 0.15) is 5.71 Å². The van der Waals surface area contributed by atoms with Crippen molar-refractivity contribution >= 4 is 11.7 Å². The van der Waals surface area contributed by atoms with E-state index in [4.69, 9.17) is 4.84 Å². The molecule has 1 aromatic heterocycles. The Morgan fingerprint density at radius 2 is 1.58 bits per heavy atom. The van der Waals surface area contributed by atoms with E-state index in [1.165, 1.54) is 0 Å². The van der Waals surface area contributed by atoms with E-state index in [0.717, 1.165) is 16.7 Å². The summed E-state index contributed by atoms with van der Waals surface area (Å²) >= 11 is 0. The van der Waals surface area contributed by atoms with E-state index in [1.807, 2.05) is 61.5 Å². The van der Waals surface area contributed by atoms with E-state index in [9.17, 15) is 4.79 Å². The molecule has 0 saturated heterocycles. The van der Waals surface area contributed by atoms with Crippen LogP contribution in [0.1, 0.15) is 27.0 Å². The predicted octanol–water partition coefficient (Wildman–Crippen LogP) is 4.00. The molecule has 0 fully saturated rings. The van der Waals surface area contributed by atoms with Crippen molar-refractivity contribution in [1.82, 2.24) is 4.98 Å². The molecule has 0 aliphatic rings. The lowest BCUT2D eigenvalue weighted by Crippen LogP contribution is -2.08. The van der Waals surface area contributed by atoms with E-state index in [0.29, 0.717) is 11.3 Å². The van der Waals surface area contributed by atoms with Crippen molar-refractivity contribution in [3.8, 4) is 0 Å². The molecule has 3 aromatic rings. The lowest BCUT2D eigenvalue weighted by molar-refractivity contribution is 0.0517. The molecule has 0 atom stereocenters. The second-order valence-electron chi connectivity index (χ2n) is 5.29. The Morgan fingerprint density at radius 3 is 2.25 bits per heavy atom. The van der Waals surface area contributed by atoms with Crippen molar-refractivity contribution in [3.05, 3.63) is 101 Å². The Morgan fingerprint density at radius 1 is 0.875 bits per heavy atom. The number of hydrogen-bond acceptors (Lipinski definition) is 4. The average molecular weight is 316 g/mol. The molecule has 0 spiro atoms. The van der Waals surface area contributed by atoms with Gasteiger partial charge in [-0.05, 0) is 31.2 Å². The Balaban J connectivity index is 1.90. The first-order valence-corrected chi connectivity index (χ1v) is 7.56. The molecule has 0 aliphatic carbocycles. The first kappa shape index (κ1) is 15.6. The number of oxime groups is 1. The number of carbonyl (C=O) groups excluding carboxylic acids is 1. The maximum absolute atomic E-state index is 12.2. The van der Waals surface area contributed by atoms with Crippen LogP contribution in [0.25, 0.3) is 0 Å². The minimum atomic E-state index is -0.493. The third-order valence-electron chi connectivity index (χ3n) is 3.49. The molecule has 24 heavy (non-hydrogen) atoms. The van der Waals surface area contributed by atoms with Crippen molar-refractivity contribution in [1.29, 1.82) is 0 Å². The van der Waals surface area contributed by atoms with Crippen LogP contribution in [-0.2, 0) is 4.84 Å². The second kappa shape index (κ2) is 7.33. The highest BCUT2D eigenvalue weighted by Crippen LogP contribution is 2.12. The topological polar surface area (TPSA) is 51.5 Å². The molecule has 4 nitrogen and oxygen atoms in total. The molecule has 0 amide bonds. The normalized spacial score (nSPS) is 11.1. The highest BCUT2D eigenvalue weighted by atomic mass is 16.7. The van der Waals surface area contributed by atoms with Gasteiger partial charge in [0.25, 0.3) is 0 Å². The monoisotopic (exact) mass is 316 g/mol. The summed E-state index contributed by atoms with van der Waals surface area (Å²) in [5.74, 6) is -0.493. The molecule has 0 saturated carbocycles. The molecular weight excluding hydrogens is 300 g/mol. The van der Waals surface area contributed by atoms with E-state index < -0.39 is 5.97 Å². The van der Waals surface area contributed by atoms with Crippen LogP contribution in [-0.4, -0.2) is 16.7 Å². The first-order valence-electron chi connectivity index (χ1n) is 7.56. The number of hydrogen-bond donors (Lipinski definition) is 0. The van der Waals surface area contributed by atoms with Crippen LogP contribution >= 0.6 is 0 Å². The summed E-state index contributed by atoms with van der Waals surface area (Å²) in [5, 5.41) is 4.09. The molecule has 1 heterocycles. The van der Waals surface area contributed by atoms with Crippen molar-refractivity contribution in [2.24, 2.45) is 5.16 Å². The summed E-state index contributed by atoms with van der Waals surface area (Å²) in [5.41, 5.74) is 3.73. The van der Waals surface area contributed by atoms with Gasteiger partial charge in [-0.3, -0.25) is 4.98 Å². The van der Waals surface area contributed by atoms with Crippen molar-refractivity contribution in [2.45, 2.75) is 6.92 Å². The zero-order valence-corrected chi connectivity index (χ0v) is 13.2. The Hall–Kier alpha value is -3.27. The Labute approximate surface area is 140 Å². The zero-order valence-electron chi connectivity index (χ0n) is 13.2. The summed E-state index contributed by atoms with van der Waals surface area (Å²) in [6.45, 7) is 1.96. The summed E-state index contributed by atoms with van der Waals surface area (Å²) < 4.78 is 0. The summed E-state index contributed by atoms with van der Waals surface area (Å²) in [7, 11) is 0. The van der Waals surface area contributed by atoms with Crippen molar-refractivity contribution < 1.29 is 9.63 Å². The van der Waals surface area contributed by atoms with Gasteiger partial charge in [0.2, 0.25) is 0 Å². The van der Waals surface area contributed by atoms with Gasteiger partial charge in [-0.15, -0.1) is 0 Å². The molecule has 3 rings (SSSR count). The third kappa shape index (κ3) is 3.73. The van der Waals surface area contributed by atoms with E-state index >= 15 is 0 Å². The first-order chi connectivity index (χ1) is 11.7. The average Bonchev–Trinajstić information content (AvgIpc) is 2.64. The van der Waals surface area contributed by atoms with E-state index in [-0.39, 0.29) is 0 Å². The Bertz CT molecular complexity index is 800. The highest BCUT2D eigenvalue weighted by molar-refractivity contribution is 6.12. The smallest absolute Gasteiger partial charge is 0.312 e. The number of rotatable bonds is 4. The van der Waals surface area contributed by atoms with Gasteiger partial charge in [-0.25, -0.2) is 4.79 Å². The van der Waals surface area contributed by atoms with E-state index in [2.05, 4.69) is 10.1 Å². The van der Waals surface area contributed by atoms with Crippen LogP contribution in [0.5, 0.6) is 0 Å². The van der Waals surface area contributed by atoms with Gasteiger partial charge >= 0.3 is 5.97 Å². The lowest BCUT2D eigenvalue weighted by atomic mass is 10.0. The van der Waals surface area contributed by atoms with E-state index in [1.54, 1.807) is 24.5 Å². The van der Waals surface area contributed by atoms with Crippen LogP contribution < -0.4 is 0 Å². The molecule has 0 unspecified atom stereocenters. The maximum Gasteiger partial charge on any atom is 0.365 e. The second-order valence-corrected chi connectivity index (χ2v) is 5.29. The number of carbonyl (C=O) groups is 1. The van der Waals surface area contributed by atoms with Crippen LogP contribution in [0.3, 0.4) is 0 Å². The number of aromatic nitrogens is 1. The van der Waals surface area contributed by atoms with Crippen LogP contribution in [0.15, 0.2) is 84.3 Å². The standard InChI is InChI=1S/C20H16N2O2/c1-15-9-11-17(12-10-15)20(23)24-22-19(16-6-3-2-4-7-16)18-8-5-13-21-14-18/h2-14H,1H3/b22-19-. The van der Waals surface area contributed by atoms with Gasteiger partial charge < -0.3 is 4.84 Å². The molecule has 0 aliphatic heterocycles. The van der Waals surface area contributed by atoms with Crippen molar-refractivity contribution in [2.75, 3.05) is 0 Å². The number of aryl methyl sites for hydroxylation is 1. The zero-order chi connectivity index (χ0) is 16.8. The van der Waals surface area contributed by atoms with Gasteiger partial charge in [0.15, 0.2) is 0 Å². The van der Waals surface area contributed by atoms with Gasteiger partial charge in [-0.2, -0.15) is 0 Å². The molecule has 0 radical (unpaired) electrons. The Kier molecular flexibility index (Phi) is 4.77. The molecule has 118 valence electrons. The number of benzene rings is 2. The molecule has 0 N–H and O–H groups in total. The summed E-state index contributed by atoms with van der Waals surface area (Å²) in [6, 6.07) is 20.4. The SMILES string of the molecule is Cc1ccc(C(=O)O/N=C(/c2ccccc2)c2cccnc2)cc1. The van der Waals surface area contributed by atoms with Crippen LogP contribution in [0.4, 0.5) is 0 Å².